The second kappa shape index (κ2) is 6.34. The Labute approximate surface area is 132 Å². The van der Waals surface area contributed by atoms with Crippen LogP contribution < -0.4 is 5.11 Å². The lowest BCUT2D eigenvalue weighted by molar-refractivity contribution is -0.315. The van der Waals surface area contributed by atoms with E-state index in [1.165, 1.54) is 18.9 Å². The fraction of sp³-hybridized carbons (Fsp3) is 0.467. The number of hydrogen-bond acceptors (Lipinski definition) is 6. The molecule has 0 fully saturated rings. The van der Waals surface area contributed by atoms with E-state index in [4.69, 9.17) is 4.74 Å². The highest BCUT2D eigenvalue weighted by Crippen LogP contribution is 2.42. The number of carboxylic acids is 1. The van der Waals surface area contributed by atoms with E-state index in [1.54, 1.807) is 18.3 Å². The van der Waals surface area contributed by atoms with Crippen LogP contribution in [0.4, 0.5) is 0 Å². The molecule has 0 radical (unpaired) electrons. The summed E-state index contributed by atoms with van der Waals surface area (Å²) in [5, 5.41) is 11.5. The molecule has 1 aromatic carbocycles. The molecule has 0 aliphatic heterocycles. The van der Waals surface area contributed by atoms with Crippen LogP contribution in [0.1, 0.15) is 20.8 Å². The summed E-state index contributed by atoms with van der Waals surface area (Å²) in [6, 6.07) is 7.88. The molecule has 21 heavy (non-hydrogen) atoms. The molecule has 0 saturated heterocycles. The van der Waals surface area contributed by atoms with Crippen molar-refractivity contribution in [3.05, 3.63) is 24.3 Å². The van der Waals surface area contributed by atoms with Gasteiger partial charge in [0.25, 0.3) is 0 Å². The maximum Gasteiger partial charge on any atom is 0.151 e. The number of nitrogens with zero attached hydrogens (tertiary/aromatic N) is 1. The Bertz CT molecular complexity index is 606. The van der Waals surface area contributed by atoms with Gasteiger partial charge in [0.2, 0.25) is 0 Å². The first-order valence-corrected chi connectivity index (χ1v) is 8.26. The van der Waals surface area contributed by atoms with E-state index in [1.807, 2.05) is 38.1 Å². The van der Waals surface area contributed by atoms with Crippen LogP contribution in [0.15, 0.2) is 28.6 Å². The highest BCUT2D eigenvalue weighted by Gasteiger charge is 2.37. The largest absolute Gasteiger partial charge is 0.550 e. The smallest absolute Gasteiger partial charge is 0.151 e. The van der Waals surface area contributed by atoms with Crippen LogP contribution in [0.25, 0.3) is 10.2 Å². The van der Waals surface area contributed by atoms with Gasteiger partial charge in [0.1, 0.15) is 0 Å². The van der Waals surface area contributed by atoms with Gasteiger partial charge >= 0.3 is 0 Å². The Morgan fingerprint density at radius 1 is 1.43 bits per heavy atom. The zero-order valence-electron chi connectivity index (χ0n) is 12.5. The molecule has 0 N–H and O–H groups in total. The lowest BCUT2D eigenvalue weighted by Gasteiger charge is -2.37. The number of para-hydroxylation sites is 1. The number of aliphatic carboxylic acids is 1. The molecule has 0 aliphatic rings. The second-order valence-electron chi connectivity index (χ2n) is 5.39. The number of hydrogen-bond donors (Lipinski definition) is 0. The predicted molar refractivity (Wildman–Crippen MR) is 84.5 cm³/mol. The molecule has 114 valence electrons. The zero-order chi connectivity index (χ0) is 15.6. The van der Waals surface area contributed by atoms with Crippen LogP contribution in [0.2, 0.25) is 0 Å². The molecule has 1 heterocycles. The minimum Gasteiger partial charge on any atom is -0.550 e. The van der Waals surface area contributed by atoms with Gasteiger partial charge in [-0.25, -0.2) is 4.98 Å². The van der Waals surface area contributed by atoms with E-state index in [-0.39, 0.29) is 0 Å². The summed E-state index contributed by atoms with van der Waals surface area (Å²) in [4.78, 5) is 16.0. The van der Waals surface area contributed by atoms with Gasteiger partial charge in [-0.15, -0.1) is 11.3 Å². The molecule has 0 aliphatic carbocycles. The van der Waals surface area contributed by atoms with Crippen molar-refractivity contribution in [1.29, 1.82) is 0 Å². The Morgan fingerprint density at radius 2 is 2.10 bits per heavy atom. The molecule has 2 atom stereocenters. The van der Waals surface area contributed by atoms with Crippen LogP contribution in [-0.2, 0) is 9.53 Å². The third-order valence-corrected chi connectivity index (χ3v) is 5.85. The number of carbonyl (C=O) groups excluding carboxylic acids is 1. The van der Waals surface area contributed by atoms with Crippen LogP contribution in [0.5, 0.6) is 0 Å². The summed E-state index contributed by atoms with van der Waals surface area (Å²) >= 11 is 3.03. The van der Waals surface area contributed by atoms with Crippen molar-refractivity contribution in [3.63, 3.8) is 0 Å². The number of benzene rings is 1. The summed E-state index contributed by atoms with van der Waals surface area (Å²) in [6.07, 6.45) is -0.424. The average molecular weight is 324 g/mol. The number of fused-ring (bicyclic) bond motifs is 1. The molecule has 0 bridgehead atoms. The Hall–Kier alpha value is -1.11. The predicted octanol–water partition coefficient (Wildman–Crippen LogP) is 2.57. The van der Waals surface area contributed by atoms with Gasteiger partial charge < -0.3 is 14.6 Å². The first-order chi connectivity index (χ1) is 9.85. The molecule has 4 nitrogen and oxygen atoms in total. The molecular weight excluding hydrogens is 306 g/mol. The van der Waals surface area contributed by atoms with Crippen molar-refractivity contribution < 1.29 is 14.6 Å². The van der Waals surface area contributed by atoms with Crippen molar-refractivity contribution in [2.75, 3.05) is 7.11 Å². The zero-order valence-corrected chi connectivity index (χ0v) is 14.1. The van der Waals surface area contributed by atoms with Crippen molar-refractivity contribution in [3.8, 4) is 0 Å². The first kappa shape index (κ1) is 16.3. The summed E-state index contributed by atoms with van der Waals surface area (Å²) in [7, 11) is 1.51. The Morgan fingerprint density at radius 3 is 2.67 bits per heavy atom. The molecule has 0 saturated carbocycles. The molecule has 0 spiro atoms. The number of ether oxygens (including phenoxy) is 1. The third-order valence-electron chi connectivity index (χ3n) is 3.47. The maximum atomic E-state index is 11.5. The van der Waals surface area contributed by atoms with Crippen LogP contribution in [0.3, 0.4) is 0 Å². The Balaban J connectivity index is 2.27. The summed E-state index contributed by atoms with van der Waals surface area (Å²) in [6.45, 7) is 5.53. The SMILES string of the molecule is COC(C)C(C(=O)[O-])C(C)(C)Sc1nc2ccccc2s1. The monoisotopic (exact) mass is 324 g/mol. The van der Waals surface area contributed by atoms with Crippen LogP contribution in [-0.4, -0.2) is 28.9 Å². The van der Waals surface area contributed by atoms with E-state index in [0.717, 1.165) is 14.6 Å². The number of aromatic nitrogens is 1. The van der Waals surface area contributed by atoms with E-state index in [0.29, 0.717) is 0 Å². The lowest BCUT2D eigenvalue weighted by atomic mass is 9.90. The second-order valence-corrected chi connectivity index (χ2v) is 8.32. The molecule has 2 aromatic rings. The number of carboxylic acid groups (broad SMARTS) is 1. The normalized spacial score (nSPS) is 15.0. The minimum absolute atomic E-state index is 0.424. The van der Waals surface area contributed by atoms with Crippen molar-refractivity contribution in [2.24, 2.45) is 5.92 Å². The van der Waals surface area contributed by atoms with Gasteiger partial charge in [0.05, 0.1) is 16.3 Å². The van der Waals surface area contributed by atoms with Gasteiger partial charge in [-0.1, -0.05) is 23.9 Å². The van der Waals surface area contributed by atoms with E-state index < -0.39 is 22.7 Å². The molecular formula is C15H18NO3S2-. The summed E-state index contributed by atoms with van der Waals surface area (Å²) < 4.78 is 6.58. The van der Waals surface area contributed by atoms with Crippen molar-refractivity contribution in [2.45, 2.75) is 36.0 Å². The van der Waals surface area contributed by atoms with Gasteiger partial charge in [0, 0.05) is 23.7 Å². The van der Waals surface area contributed by atoms with E-state index in [2.05, 4.69) is 4.98 Å². The topological polar surface area (TPSA) is 62.2 Å². The van der Waals surface area contributed by atoms with Gasteiger partial charge in [-0.2, -0.15) is 0 Å². The van der Waals surface area contributed by atoms with Gasteiger partial charge in [-0.3, -0.25) is 0 Å². The highest BCUT2D eigenvalue weighted by molar-refractivity contribution is 8.02. The third kappa shape index (κ3) is 3.56. The number of thiazole rings is 1. The van der Waals surface area contributed by atoms with Crippen molar-refractivity contribution >= 4 is 39.3 Å². The molecule has 0 amide bonds. The standard InChI is InChI=1S/C15H19NO3S2/c1-9(19-4)12(13(17)18)15(2,3)21-14-16-10-7-5-6-8-11(10)20-14/h5-9,12H,1-4H3,(H,17,18)/p-1. The summed E-state index contributed by atoms with van der Waals surface area (Å²) in [5.41, 5.74) is 0.936. The average Bonchev–Trinajstić information content (AvgIpc) is 2.78. The summed E-state index contributed by atoms with van der Waals surface area (Å²) in [5.74, 6) is -1.82. The molecule has 1 aromatic heterocycles. The quantitative estimate of drug-likeness (QED) is 0.764. The fourth-order valence-electron chi connectivity index (χ4n) is 2.36. The van der Waals surface area contributed by atoms with E-state index in [9.17, 15) is 9.90 Å². The molecule has 6 heteroatoms. The first-order valence-electron chi connectivity index (χ1n) is 6.63. The Kier molecular flexibility index (Phi) is 4.91. The number of rotatable bonds is 6. The number of thioether (sulfide) groups is 1. The number of methoxy groups -OCH3 is 1. The maximum absolute atomic E-state index is 11.5. The van der Waals surface area contributed by atoms with Gasteiger partial charge in [-0.05, 0) is 32.9 Å². The minimum atomic E-state index is -1.09. The van der Waals surface area contributed by atoms with Gasteiger partial charge in [0.15, 0.2) is 4.34 Å². The van der Waals surface area contributed by atoms with Crippen molar-refractivity contribution in [1.82, 2.24) is 4.98 Å². The fourth-order valence-corrected chi connectivity index (χ4v) is 5.15. The highest BCUT2D eigenvalue weighted by atomic mass is 32.2. The van der Waals surface area contributed by atoms with E-state index >= 15 is 0 Å². The molecule has 2 rings (SSSR count). The lowest BCUT2D eigenvalue weighted by Crippen LogP contribution is -2.48. The molecule has 2 unspecified atom stereocenters. The van der Waals surface area contributed by atoms with Crippen LogP contribution >= 0.6 is 23.1 Å². The van der Waals surface area contributed by atoms with Crippen LogP contribution in [0, 0.1) is 5.92 Å². The number of carbonyl (C=O) groups is 1.